The van der Waals surface area contributed by atoms with Crippen LogP contribution >= 0.6 is 0 Å². The Kier molecular flexibility index (Phi) is 6.65. The van der Waals surface area contributed by atoms with Crippen molar-refractivity contribution in [2.75, 3.05) is 33.3 Å². The summed E-state index contributed by atoms with van der Waals surface area (Å²) in [6.07, 6.45) is 2.68. The number of hydrogen-bond acceptors (Lipinski definition) is 6. The molecule has 10 heteroatoms. The Labute approximate surface area is 171 Å². The number of piperazine rings is 1. The second-order valence-electron chi connectivity index (χ2n) is 6.54. The summed E-state index contributed by atoms with van der Waals surface area (Å²) in [5, 5.41) is 3.70. The number of aromatic nitrogens is 1. The van der Waals surface area contributed by atoms with Crippen LogP contribution in [0.3, 0.4) is 0 Å². The van der Waals surface area contributed by atoms with Gasteiger partial charge in [-0.2, -0.15) is 8.78 Å². The van der Waals surface area contributed by atoms with Gasteiger partial charge in [0, 0.05) is 43.9 Å². The Balaban J connectivity index is 1.62. The Bertz CT molecular complexity index is 936. The normalized spacial score (nSPS) is 14.4. The number of aryl methyl sites for hydroxylation is 1. The molecule has 1 aliphatic rings. The molecule has 1 aromatic carbocycles. The van der Waals surface area contributed by atoms with Gasteiger partial charge in [-0.05, 0) is 19.1 Å². The molecule has 2 heterocycles. The van der Waals surface area contributed by atoms with Crippen LogP contribution in [-0.4, -0.2) is 66.7 Å². The molecule has 160 valence electrons. The van der Waals surface area contributed by atoms with Crippen LogP contribution in [-0.2, 0) is 4.79 Å². The number of hydrogen-bond donors (Lipinski definition) is 0. The summed E-state index contributed by atoms with van der Waals surface area (Å²) in [6.45, 7) is 0.0568. The lowest BCUT2D eigenvalue weighted by molar-refractivity contribution is -0.127. The number of carbonyl (C=O) groups excluding carboxylic acids is 2. The molecular weight excluding hydrogens is 400 g/mol. The Morgan fingerprint density at radius 3 is 2.50 bits per heavy atom. The van der Waals surface area contributed by atoms with E-state index in [0.29, 0.717) is 31.9 Å². The number of methoxy groups -OCH3 is 1. The van der Waals surface area contributed by atoms with E-state index >= 15 is 0 Å². The maximum atomic E-state index is 12.7. The van der Waals surface area contributed by atoms with Crippen molar-refractivity contribution in [3.05, 3.63) is 47.4 Å². The first-order valence-corrected chi connectivity index (χ1v) is 9.20. The molecule has 2 amide bonds. The maximum absolute atomic E-state index is 12.7. The summed E-state index contributed by atoms with van der Waals surface area (Å²) in [7, 11) is 1.34. The van der Waals surface area contributed by atoms with Crippen LogP contribution in [0, 0.1) is 6.92 Å². The minimum absolute atomic E-state index is 0.139. The van der Waals surface area contributed by atoms with E-state index in [4.69, 9.17) is 9.26 Å². The number of alkyl halides is 2. The summed E-state index contributed by atoms with van der Waals surface area (Å²) >= 11 is 0. The number of halogens is 2. The van der Waals surface area contributed by atoms with E-state index in [1.54, 1.807) is 34.9 Å². The number of ether oxygens (including phenoxy) is 2. The summed E-state index contributed by atoms with van der Waals surface area (Å²) in [5.74, 6) is -0.417. The fraction of sp³-hybridized carbons (Fsp3) is 0.350. The van der Waals surface area contributed by atoms with Crippen molar-refractivity contribution in [1.82, 2.24) is 15.0 Å². The fourth-order valence-electron chi connectivity index (χ4n) is 3.06. The van der Waals surface area contributed by atoms with Crippen LogP contribution in [0.4, 0.5) is 8.78 Å². The van der Waals surface area contributed by atoms with Gasteiger partial charge >= 0.3 is 6.61 Å². The van der Waals surface area contributed by atoms with Crippen LogP contribution in [0.1, 0.15) is 21.8 Å². The predicted molar refractivity (Wildman–Crippen MR) is 102 cm³/mol. The standard InChI is InChI=1S/C20H21F2N3O5/c1-13-12-16(30-23-13)19(27)25-10-8-24(9-11-25)17(26)7-6-14-4-3-5-15(28-2)18(14)29-20(21)22/h3-7,12,20H,8-11H2,1-2H3/b7-6+. The van der Waals surface area contributed by atoms with Gasteiger partial charge in [0.2, 0.25) is 11.7 Å². The van der Waals surface area contributed by atoms with Gasteiger partial charge in [-0.1, -0.05) is 17.3 Å². The molecule has 0 spiro atoms. The monoisotopic (exact) mass is 421 g/mol. The molecule has 1 aliphatic heterocycles. The molecule has 2 aromatic rings. The van der Waals surface area contributed by atoms with E-state index < -0.39 is 6.61 Å². The molecule has 0 unspecified atom stereocenters. The highest BCUT2D eigenvalue weighted by Gasteiger charge is 2.26. The zero-order chi connectivity index (χ0) is 21.7. The quantitative estimate of drug-likeness (QED) is 0.667. The van der Waals surface area contributed by atoms with Crippen LogP contribution in [0.2, 0.25) is 0 Å². The van der Waals surface area contributed by atoms with Crippen LogP contribution < -0.4 is 9.47 Å². The smallest absolute Gasteiger partial charge is 0.387 e. The van der Waals surface area contributed by atoms with Gasteiger partial charge in [-0.15, -0.1) is 0 Å². The van der Waals surface area contributed by atoms with Crippen molar-refractivity contribution in [2.24, 2.45) is 0 Å². The highest BCUT2D eigenvalue weighted by Crippen LogP contribution is 2.33. The zero-order valence-corrected chi connectivity index (χ0v) is 16.5. The van der Waals surface area contributed by atoms with E-state index in [0.717, 1.165) is 0 Å². The Hall–Kier alpha value is -3.43. The van der Waals surface area contributed by atoms with Crippen LogP contribution in [0.5, 0.6) is 11.5 Å². The van der Waals surface area contributed by atoms with Gasteiger partial charge < -0.3 is 23.8 Å². The zero-order valence-electron chi connectivity index (χ0n) is 16.5. The van der Waals surface area contributed by atoms with E-state index in [9.17, 15) is 18.4 Å². The highest BCUT2D eigenvalue weighted by molar-refractivity contribution is 5.93. The van der Waals surface area contributed by atoms with E-state index in [1.165, 1.54) is 25.3 Å². The molecule has 0 saturated carbocycles. The van der Waals surface area contributed by atoms with Crippen molar-refractivity contribution in [1.29, 1.82) is 0 Å². The minimum Gasteiger partial charge on any atom is -0.493 e. The van der Waals surface area contributed by atoms with Gasteiger partial charge in [0.05, 0.1) is 12.8 Å². The number of rotatable bonds is 6. The van der Waals surface area contributed by atoms with E-state index in [1.807, 2.05) is 0 Å². The second-order valence-corrected chi connectivity index (χ2v) is 6.54. The third kappa shape index (κ3) is 4.94. The molecule has 8 nitrogen and oxygen atoms in total. The Morgan fingerprint density at radius 2 is 1.90 bits per heavy atom. The molecule has 0 N–H and O–H groups in total. The molecule has 0 aliphatic carbocycles. The average molecular weight is 421 g/mol. The van der Waals surface area contributed by atoms with Crippen molar-refractivity contribution in [3.63, 3.8) is 0 Å². The van der Waals surface area contributed by atoms with Gasteiger partial charge in [-0.25, -0.2) is 0 Å². The fourth-order valence-corrected chi connectivity index (χ4v) is 3.06. The highest BCUT2D eigenvalue weighted by atomic mass is 19.3. The van der Waals surface area contributed by atoms with E-state index in [-0.39, 0.29) is 34.6 Å². The van der Waals surface area contributed by atoms with Crippen molar-refractivity contribution in [3.8, 4) is 11.5 Å². The minimum atomic E-state index is -3.03. The molecule has 1 aromatic heterocycles. The van der Waals surface area contributed by atoms with Crippen molar-refractivity contribution >= 4 is 17.9 Å². The Morgan fingerprint density at radius 1 is 1.20 bits per heavy atom. The maximum Gasteiger partial charge on any atom is 0.387 e. The van der Waals surface area contributed by atoms with Gasteiger partial charge in [0.25, 0.3) is 5.91 Å². The number of carbonyl (C=O) groups is 2. The summed E-state index contributed by atoms with van der Waals surface area (Å²) < 4.78 is 40.0. The number of para-hydroxylation sites is 1. The molecule has 1 saturated heterocycles. The first-order chi connectivity index (χ1) is 14.4. The lowest BCUT2D eigenvalue weighted by atomic mass is 10.1. The third-order valence-corrected chi connectivity index (χ3v) is 4.56. The topological polar surface area (TPSA) is 85.1 Å². The molecule has 30 heavy (non-hydrogen) atoms. The van der Waals surface area contributed by atoms with Crippen molar-refractivity contribution < 1.29 is 32.4 Å². The van der Waals surface area contributed by atoms with Gasteiger partial charge in [0.1, 0.15) is 0 Å². The summed E-state index contributed by atoms with van der Waals surface area (Å²) in [4.78, 5) is 28.0. The first kappa shape index (κ1) is 21.3. The average Bonchev–Trinajstić information content (AvgIpc) is 3.18. The molecule has 0 atom stereocenters. The molecule has 0 radical (unpaired) electrons. The second kappa shape index (κ2) is 9.38. The third-order valence-electron chi connectivity index (χ3n) is 4.56. The van der Waals surface area contributed by atoms with Crippen molar-refractivity contribution in [2.45, 2.75) is 13.5 Å². The van der Waals surface area contributed by atoms with Gasteiger partial charge in [0.15, 0.2) is 11.5 Å². The molecular formula is C20H21F2N3O5. The van der Waals surface area contributed by atoms with Crippen LogP contribution in [0.25, 0.3) is 6.08 Å². The largest absolute Gasteiger partial charge is 0.493 e. The molecule has 1 fully saturated rings. The van der Waals surface area contributed by atoms with E-state index in [2.05, 4.69) is 9.89 Å². The molecule has 0 bridgehead atoms. The summed E-state index contributed by atoms with van der Waals surface area (Å²) in [6, 6.07) is 6.20. The lowest BCUT2D eigenvalue weighted by Crippen LogP contribution is -2.50. The molecule has 3 rings (SSSR count). The summed E-state index contributed by atoms with van der Waals surface area (Å²) in [5.41, 5.74) is 0.905. The number of nitrogens with zero attached hydrogens (tertiary/aromatic N) is 3. The SMILES string of the molecule is COc1cccc(/C=C/C(=O)N2CCN(C(=O)c3cc(C)no3)CC2)c1OC(F)F. The lowest BCUT2D eigenvalue weighted by Gasteiger charge is -2.33. The van der Waals surface area contributed by atoms with Crippen LogP contribution in [0.15, 0.2) is 34.9 Å². The number of benzene rings is 1. The van der Waals surface area contributed by atoms with Gasteiger partial charge in [-0.3, -0.25) is 9.59 Å². The predicted octanol–water partition coefficient (Wildman–Crippen LogP) is 2.59. The number of amides is 2. The first-order valence-electron chi connectivity index (χ1n) is 9.20.